The molecule has 5 nitrogen and oxygen atoms in total. The van der Waals surface area contributed by atoms with Crippen LogP contribution in [0.15, 0.2) is 109 Å². The van der Waals surface area contributed by atoms with Crippen LogP contribution in [0.4, 0.5) is 0 Å². The number of Topliss-reactive ketones (excluding diaryl/α,β-unsaturated/α-hetero) is 1. The zero-order chi connectivity index (χ0) is 27.6. The van der Waals surface area contributed by atoms with E-state index in [2.05, 4.69) is 55.1 Å². The van der Waals surface area contributed by atoms with Gasteiger partial charge in [-0.2, -0.15) is 0 Å². The van der Waals surface area contributed by atoms with Crippen LogP contribution in [0.3, 0.4) is 0 Å². The lowest BCUT2D eigenvalue weighted by Gasteiger charge is -2.34. The Morgan fingerprint density at radius 2 is 1.38 bits per heavy atom. The molecule has 0 bridgehead atoms. The highest BCUT2D eigenvalue weighted by molar-refractivity contribution is 6.02. The summed E-state index contributed by atoms with van der Waals surface area (Å²) in [6, 6.07) is 35.4. The molecule has 0 fully saturated rings. The SMILES string of the molecule is C[C@H](CCc1ccccc1)N(CC(=O)c1ccc(OCc2ccccc2)c(C(N)=O)c1)[C@H](C)c1ccccc1. The fraction of sp³-hybridized carbons (Fsp3) is 0.235. The summed E-state index contributed by atoms with van der Waals surface area (Å²) in [5.74, 6) is -0.325. The zero-order valence-corrected chi connectivity index (χ0v) is 22.6. The Balaban J connectivity index is 1.52. The van der Waals surface area contributed by atoms with Gasteiger partial charge in [-0.25, -0.2) is 0 Å². The molecule has 0 saturated carbocycles. The molecule has 0 radical (unpaired) electrons. The number of primary amides is 1. The molecule has 4 aromatic carbocycles. The van der Waals surface area contributed by atoms with Crippen molar-refractivity contribution in [2.75, 3.05) is 6.54 Å². The van der Waals surface area contributed by atoms with Crippen molar-refractivity contribution in [2.24, 2.45) is 5.73 Å². The lowest BCUT2D eigenvalue weighted by Crippen LogP contribution is -2.39. The van der Waals surface area contributed by atoms with Gasteiger partial charge >= 0.3 is 0 Å². The number of hydrogen-bond acceptors (Lipinski definition) is 4. The molecular formula is C34H36N2O3. The summed E-state index contributed by atoms with van der Waals surface area (Å²) in [7, 11) is 0. The number of rotatable bonds is 13. The van der Waals surface area contributed by atoms with Gasteiger partial charge < -0.3 is 10.5 Å². The first kappa shape index (κ1) is 27.8. The molecule has 0 spiro atoms. The molecule has 0 heterocycles. The van der Waals surface area contributed by atoms with Crippen LogP contribution in [0.5, 0.6) is 5.75 Å². The third kappa shape index (κ3) is 7.65. The molecule has 1 amide bonds. The largest absolute Gasteiger partial charge is 0.488 e. The molecule has 0 aromatic heterocycles. The number of aryl methyl sites for hydroxylation is 1. The van der Waals surface area contributed by atoms with Crippen molar-refractivity contribution in [3.63, 3.8) is 0 Å². The van der Waals surface area contributed by atoms with Gasteiger partial charge in [0.2, 0.25) is 0 Å². The second kappa shape index (κ2) is 13.5. The Labute approximate surface area is 231 Å². The van der Waals surface area contributed by atoms with Crippen molar-refractivity contribution >= 4 is 11.7 Å². The molecule has 0 aliphatic carbocycles. The van der Waals surface area contributed by atoms with Crippen LogP contribution in [0.1, 0.15) is 63.7 Å². The third-order valence-corrected chi connectivity index (χ3v) is 7.17. The standard InChI is InChI=1S/C34H36N2O3/c1-25(18-19-27-12-6-3-7-13-27)36(26(2)29-16-10-5-11-17-29)23-32(37)30-20-21-33(31(22-30)34(35)38)39-24-28-14-8-4-9-15-28/h3-17,20-22,25-26H,18-19,23-24H2,1-2H3,(H2,35,38)/t25-,26-/m1/s1. The Morgan fingerprint density at radius 1 is 0.795 bits per heavy atom. The normalized spacial score (nSPS) is 12.6. The van der Waals surface area contributed by atoms with Gasteiger partial charge in [0.05, 0.1) is 12.1 Å². The van der Waals surface area contributed by atoms with E-state index in [0.717, 1.165) is 24.0 Å². The molecule has 0 saturated heterocycles. The molecule has 39 heavy (non-hydrogen) atoms. The summed E-state index contributed by atoms with van der Waals surface area (Å²) in [5.41, 5.74) is 9.73. The Morgan fingerprint density at radius 3 is 2.00 bits per heavy atom. The van der Waals surface area contributed by atoms with Crippen LogP contribution in [0.25, 0.3) is 0 Å². The predicted octanol–water partition coefficient (Wildman–Crippen LogP) is 6.63. The highest BCUT2D eigenvalue weighted by atomic mass is 16.5. The first-order valence-corrected chi connectivity index (χ1v) is 13.4. The summed E-state index contributed by atoms with van der Waals surface area (Å²) in [5, 5.41) is 0. The Kier molecular flexibility index (Phi) is 9.65. The van der Waals surface area contributed by atoms with E-state index in [0.29, 0.717) is 17.9 Å². The van der Waals surface area contributed by atoms with E-state index in [1.165, 1.54) is 5.56 Å². The number of carbonyl (C=O) groups is 2. The maximum atomic E-state index is 13.6. The Hall–Kier alpha value is -4.22. The average molecular weight is 521 g/mol. The second-order valence-electron chi connectivity index (χ2n) is 9.90. The first-order chi connectivity index (χ1) is 18.9. The average Bonchev–Trinajstić information content (AvgIpc) is 2.98. The summed E-state index contributed by atoms with van der Waals surface area (Å²) in [6.45, 7) is 4.83. The van der Waals surface area contributed by atoms with Gasteiger partial charge in [-0.15, -0.1) is 0 Å². The molecule has 0 unspecified atom stereocenters. The van der Waals surface area contributed by atoms with Gasteiger partial charge in [0.1, 0.15) is 12.4 Å². The van der Waals surface area contributed by atoms with Crippen LogP contribution in [0, 0.1) is 0 Å². The zero-order valence-electron chi connectivity index (χ0n) is 22.6. The maximum absolute atomic E-state index is 13.6. The summed E-state index contributed by atoms with van der Waals surface area (Å²) >= 11 is 0. The molecule has 4 aromatic rings. The van der Waals surface area contributed by atoms with E-state index < -0.39 is 5.91 Å². The minimum absolute atomic E-state index is 0.0324. The number of nitrogens with zero attached hydrogens (tertiary/aromatic N) is 1. The van der Waals surface area contributed by atoms with Crippen molar-refractivity contribution in [2.45, 2.75) is 45.4 Å². The monoisotopic (exact) mass is 520 g/mol. The van der Waals surface area contributed by atoms with Crippen LogP contribution in [0.2, 0.25) is 0 Å². The van der Waals surface area contributed by atoms with E-state index in [4.69, 9.17) is 10.5 Å². The fourth-order valence-corrected chi connectivity index (χ4v) is 4.80. The summed E-state index contributed by atoms with van der Waals surface area (Å²) in [6.07, 6.45) is 1.83. The van der Waals surface area contributed by atoms with Crippen LogP contribution >= 0.6 is 0 Å². The van der Waals surface area contributed by atoms with Crippen molar-refractivity contribution in [3.05, 3.63) is 137 Å². The summed E-state index contributed by atoms with van der Waals surface area (Å²) in [4.78, 5) is 28.1. The number of carbonyl (C=O) groups excluding carboxylic acids is 2. The summed E-state index contributed by atoms with van der Waals surface area (Å²) < 4.78 is 5.89. The first-order valence-electron chi connectivity index (χ1n) is 13.4. The van der Waals surface area contributed by atoms with Gasteiger partial charge in [0, 0.05) is 17.6 Å². The van der Waals surface area contributed by atoms with E-state index >= 15 is 0 Å². The van der Waals surface area contributed by atoms with Gasteiger partial charge in [-0.1, -0.05) is 91.0 Å². The molecular weight excluding hydrogens is 484 g/mol. The molecule has 4 rings (SSSR count). The predicted molar refractivity (Wildman–Crippen MR) is 156 cm³/mol. The van der Waals surface area contributed by atoms with Crippen molar-refractivity contribution < 1.29 is 14.3 Å². The van der Waals surface area contributed by atoms with Crippen LogP contribution < -0.4 is 10.5 Å². The number of benzene rings is 4. The van der Waals surface area contributed by atoms with Crippen LogP contribution in [-0.2, 0) is 13.0 Å². The van der Waals surface area contributed by atoms with Gasteiger partial charge in [0.25, 0.3) is 5.91 Å². The van der Waals surface area contributed by atoms with E-state index in [1.807, 2.05) is 54.6 Å². The van der Waals surface area contributed by atoms with E-state index in [9.17, 15) is 9.59 Å². The fourth-order valence-electron chi connectivity index (χ4n) is 4.80. The number of ketones is 1. The minimum atomic E-state index is -0.626. The molecule has 5 heteroatoms. The molecule has 2 atom stereocenters. The molecule has 0 aliphatic rings. The highest BCUT2D eigenvalue weighted by Gasteiger charge is 2.25. The second-order valence-corrected chi connectivity index (χ2v) is 9.90. The highest BCUT2D eigenvalue weighted by Crippen LogP contribution is 2.26. The number of nitrogens with two attached hydrogens (primary N) is 1. The minimum Gasteiger partial charge on any atom is -0.488 e. The lowest BCUT2D eigenvalue weighted by molar-refractivity contribution is 0.0830. The Bertz CT molecular complexity index is 1360. The number of hydrogen-bond donors (Lipinski definition) is 1. The van der Waals surface area contributed by atoms with E-state index in [-0.39, 0.29) is 30.0 Å². The topological polar surface area (TPSA) is 72.6 Å². The van der Waals surface area contributed by atoms with Crippen molar-refractivity contribution in [1.82, 2.24) is 4.90 Å². The van der Waals surface area contributed by atoms with Gasteiger partial charge in [0.15, 0.2) is 5.78 Å². The van der Waals surface area contributed by atoms with Gasteiger partial charge in [-0.05, 0) is 61.6 Å². The lowest BCUT2D eigenvalue weighted by atomic mass is 9.99. The molecule has 2 N–H and O–H groups in total. The quantitative estimate of drug-likeness (QED) is 0.201. The van der Waals surface area contributed by atoms with Crippen LogP contribution in [-0.4, -0.2) is 29.2 Å². The van der Waals surface area contributed by atoms with Crippen molar-refractivity contribution in [3.8, 4) is 5.75 Å². The van der Waals surface area contributed by atoms with Gasteiger partial charge in [-0.3, -0.25) is 14.5 Å². The van der Waals surface area contributed by atoms with Crippen molar-refractivity contribution in [1.29, 1.82) is 0 Å². The van der Waals surface area contributed by atoms with E-state index in [1.54, 1.807) is 18.2 Å². The number of amides is 1. The smallest absolute Gasteiger partial charge is 0.252 e. The maximum Gasteiger partial charge on any atom is 0.252 e. The third-order valence-electron chi connectivity index (χ3n) is 7.17. The molecule has 200 valence electrons. The number of ether oxygens (including phenoxy) is 1. The molecule has 0 aliphatic heterocycles.